The molecule has 1 aliphatic heterocycles. The van der Waals surface area contributed by atoms with E-state index in [0.29, 0.717) is 30.3 Å². The summed E-state index contributed by atoms with van der Waals surface area (Å²) in [5.74, 6) is 0.745. The first-order chi connectivity index (χ1) is 10.7. The van der Waals surface area contributed by atoms with Crippen molar-refractivity contribution in [3.05, 3.63) is 59.7 Å². The average molecular weight is 297 g/mol. The molecule has 1 fully saturated rings. The zero-order chi connectivity index (χ0) is 15.5. The van der Waals surface area contributed by atoms with E-state index in [1.54, 1.807) is 17.0 Å². The Morgan fingerprint density at radius 2 is 2.00 bits per heavy atom. The number of methoxy groups -OCH3 is 1. The highest BCUT2D eigenvalue weighted by molar-refractivity contribution is 5.97. The van der Waals surface area contributed by atoms with Crippen molar-refractivity contribution < 1.29 is 14.6 Å². The maximum atomic E-state index is 12.6. The fourth-order valence-electron chi connectivity index (χ4n) is 2.93. The van der Waals surface area contributed by atoms with E-state index in [9.17, 15) is 9.90 Å². The van der Waals surface area contributed by atoms with Crippen LogP contribution < -0.4 is 4.74 Å². The van der Waals surface area contributed by atoms with Crippen LogP contribution >= 0.6 is 0 Å². The average Bonchev–Trinajstić information content (AvgIpc) is 3.05. The van der Waals surface area contributed by atoms with Gasteiger partial charge in [0.05, 0.1) is 12.7 Å². The number of aromatic hydroxyl groups is 1. The first-order valence-corrected chi connectivity index (χ1v) is 7.40. The Bertz CT molecular complexity index is 669. The number of hydrogen-bond donors (Lipinski definition) is 1. The van der Waals surface area contributed by atoms with E-state index in [0.717, 1.165) is 6.42 Å². The SMILES string of the molecule is COc1ccc(C(=O)N2CC[C@H](c3ccccc3)C2)c(O)c1. The summed E-state index contributed by atoms with van der Waals surface area (Å²) >= 11 is 0. The van der Waals surface area contributed by atoms with Gasteiger partial charge < -0.3 is 14.7 Å². The van der Waals surface area contributed by atoms with Crippen LogP contribution in [0.4, 0.5) is 0 Å². The molecule has 1 N–H and O–H groups in total. The van der Waals surface area contributed by atoms with Crippen LogP contribution in [0.2, 0.25) is 0 Å². The summed E-state index contributed by atoms with van der Waals surface area (Å²) in [6.07, 6.45) is 0.951. The zero-order valence-corrected chi connectivity index (χ0v) is 12.5. The van der Waals surface area contributed by atoms with Gasteiger partial charge in [-0.15, -0.1) is 0 Å². The highest BCUT2D eigenvalue weighted by Crippen LogP contribution is 2.30. The summed E-state index contributed by atoms with van der Waals surface area (Å²) in [7, 11) is 1.53. The lowest BCUT2D eigenvalue weighted by Gasteiger charge is -2.17. The molecular formula is C18H19NO3. The van der Waals surface area contributed by atoms with Crippen molar-refractivity contribution in [2.75, 3.05) is 20.2 Å². The molecule has 0 radical (unpaired) electrons. The Morgan fingerprint density at radius 3 is 2.68 bits per heavy atom. The van der Waals surface area contributed by atoms with Crippen LogP contribution in [-0.4, -0.2) is 36.1 Å². The zero-order valence-electron chi connectivity index (χ0n) is 12.5. The number of rotatable bonds is 3. The Kier molecular flexibility index (Phi) is 4.00. The molecule has 0 saturated carbocycles. The van der Waals surface area contributed by atoms with Crippen molar-refractivity contribution in [3.8, 4) is 11.5 Å². The van der Waals surface area contributed by atoms with Crippen molar-refractivity contribution in [2.24, 2.45) is 0 Å². The Morgan fingerprint density at radius 1 is 1.23 bits per heavy atom. The quantitative estimate of drug-likeness (QED) is 0.947. The number of likely N-dealkylation sites (tertiary alicyclic amines) is 1. The molecule has 1 saturated heterocycles. The normalized spacial score (nSPS) is 17.5. The van der Waals surface area contributed by atoms with Gasteiger partial charge in [0.15, 0.2) is 0 Å². The molecule has 0 bridgehead atoms. The number of carbonyl (C=O) groups excluding carboxylic acids is 1. The lowest BCUT2D eigenvalue weighted by molar-refractivity contribution is 0.0787. The smallest absolute Gasteiger partial charge is 0.257 e. The topological polar surface area (TPSA) is 49.8 Å². The standard InChI is InChI=1S/C18H19NO3/c1-22-15-7-8-16(17(20)11-15)18(21)19-10-9-14(12-19)13-5-3-2-4-6-13/h2-8,11,14,20H,9-10,12H2,1H3/t14-/m0/s1. The molecule has 4 heteroatoms. The van der Waals surface area contributed by atoms with E-state index in [-0.39, 0.29) is 11.7 Å². The molecule has 22 heavy (non-hydrogen) atoms. The second-order valence-corrected chi connectivity index (χ2v) is 5.53. The van der Waals surface area contributed by atoms with Crippen molar-refractivity contribution in [1.82, 2.24) is 4.90 Å². The summed E-state index contributed by atoms with van der Waals surface area (Å²) in [5, 5.41) is 10.0. The third kappa shape index (κ3) is 2.77. The molecule has 1 atom stereocenters. The van der Waals surface area contributed by atoms with Gasteiger partial charge in [0.1, 0.15) is 11.5 Å². The first-order valence-electron chi connectivity index (χ1n) is 7.40. The second kappa shape index (κ2) is 6.10. The van der Waals surface area contributed by atoms with E-state index in [4.69, 9.17) is 4.74 Å². The Balaban J connectivity index is 1.74. The van der Waals surface area contributed by atoms with Gasteiger partial charge in [-0.3, -0.25) is 4.79 Å². The maximum Gasteiger partial charge on any atom is 0.257 e. The number of nitrogens with zero attached hydrogens (tertiary/aromatic N) is 1. The minimum Gasteiger partial charge on any atom is -0.507 e. The Labute approximate surface area is 130 Å². The van der Waals surface area contributed by atoms with E-state index in [1.807, 2.05) is 18.2 Å². The summed E-state index contributed by atoms with van der Waals surface area (Å²) in [6.45, 7) is 1.40. The largest absolute Gasteiger partial charge is 0.507 e. The van der Waals surface area contributed by atoms with Crippen LogP contribution in [0.25, 0.3) is 0 Å². The van der Waals surface area contributed by atoms with E-state index in [1.165, 1.54) is 18.7 Å². The summed E-state index contributed by atoms with van der Waals surface area (Å²) in [4.78, 5) is 14.4. The van der Waals surface area contributed by atoms with Crippen molar-refractivity contribution >= 4 is 5.91 Å². The van der Waals surface area contributed by atoms with Crippen molar-refractivity contribution in [3.63, 3.8) is 0 Å². The molecule has 0 aliphatic carbocycles. The third-order valence-electron chi connectivity index (χ3n) is 4.18. The van der Waals surface area contributed by atoms with Crippen LogP contribution in [0.15, 0.2) is 48.5 Å². The minimum absolute atomic E-state index is 0.0347. The lowest BCUT2D eigenvalue weighted by Crippen LogP contribution is -2.28. The van der Waals surface area contributed by atoms with E-state index in [2.05, 4.69) is 12.1 Å². The van der Waals surface area contributed by atoms with Gasteiger partial charge in [-0.05, 0) is 24.1 Å². The van der Waals surface area contributed by atoms with E-state index < -0.39 is 0 Å². The molecule has 0 spiro atoms. The van der Waals surface area contributed by atoms with Crippen LogP contribution in [0.5, 0.6) is 11.5 Å². The molecule has 4 nitrogen and oxygen atoms in total. The maximum absolute atomic E-state index is 12.6. The molecule has 0 unspecified atom stereocenters. The second-order valence-electron chi connectivity index (χ2n) is 5.53. The van der Waals surface area contributed by atoms with Crippen LogP contribution in [-0.2, 0) is 0 Å². The van der Waals surface area contributed by atoms with Crippen LogP contribution in [0.1, 0.15) is 28.3 Å². The highest BCUT2D eigenvalue weighted by Gasteiger charge is 2.29. The lowest BCUT2D eigenvalue weighted by atomic mass is 9.99. The van der Waals surface area contributed by atoms with E-state index >= 15 is 0 Å². The number of phenolic OH excluding ortho intramolecular Hbond substituents is 1. The molecule has 2 aromatic rings. The van der Waals surface area contributed by atoms with Crippen LogP contribution in [0.3, 0.4) is 0 Å². The van der Waals surface area contributed by atoms with Gasteiger partial charge >= 0.3 is 0 Å². The minimum atomic E-state index is -0.126. The predicted octanol–water partition coefficient (Wildman–Crippen LogP) is 3.03. The van der Waals surface area contributed by atoms with Crippen molar-refractivity contribution in [2.45, 2.75) is 12.3 Å². The van der Waals surface area contributed by atoms with Crippen molar-refractivity contribution in [1.29, 1.82) is 0 Å². The number of phenols is 1. The fourth-order valence-corrected chi connectivity index (χ4v) is 2.93. The molecule has 1 heterocycles. The summed E-state index contributed by atoms with van der Waals surface area (Å²) in [5.41, 5.74) is 1.59. The van der Waals surface area contributed by atoms with Crippen LogP contribution in [0, 0.1) is 0 Å². The third-order valence-corrected chi connectivity index (χ3v) is 4.18. The van der Waals surface area contributed by atoms with Gasteiger partial charge in [0, 0.05) is 25.1 Å². The molecule has 3 rings (SSSR count). The Hall–Kier alpha value is -2.49. The number of benzene rings is 2. The number of carbonyl (C=O) groups is 1. The van der Waals surface area contributed by atoms with Gasteiger partial charge in [0.2, 0.25) is 0 Å². The molecule has 1 amide bonds. The summed E-state index contributed by atoms with van der Waals surface area (Å²) in [6, 6.07) is 15.0. The molecule has 0 aromatic heterocycles. The number of ether oxygens (including phenoxy) is 1. The predicted molar refractivity (Wildman–Crippen MR) is 84.4 cm³/mol. The first kappa shape index (κ1) is 14.4. The highest BCUT2D eigenvalue weighted by atomic mass is 16.5. The molecule has 114 valence electrons. The summed E-state index contributed by atoms with van der Waals surface area (Å²) < 4.78 is 5.05. The number of hydrogen-bond acceptors (Lipinski definition) is 3. The van der Waals surface area contributed by atoms with Gasteiger partial charge in [-0.2, -0.15) is 0 Å². The molecule has 1 aliphatic rings. The van der Waals surface area contributed by atoms with Gasteiger partial charge in [-0.1, -0.05) is 30.3 Å². The fraction of sp³-hybridized carbons (Fsp3) is 0.278. The molecule has 2 aromatic carbocycles. The number of amides is 1. The van der Waals surface area contributed by atoms with Gasteiger partial charge in [-0.25, -0.2) is 0 Å². The van der Waals surface area contributed by atoms with Gasteiger partial charge in [0.25, 0.3) is 5.91 Å². The monoisotopic (exact) mass is 297 g/mol. The molecular weight excluding hydrogens is 278 g/mol.